The molecule has 1 aromatic heterocycles. The van der Waals surface area contributed by atoms with E-state index < -0.39 is 0 Å². The summed E-state index contributed by atoms with van der Waals surface area (Å²) < 4.78 is 5.93. The molecule has 110 valence electrons. The fraction of sp³-hybridized carbons (Fsp3) is 0.500. The van der Waals surface area contributed by atoms with Crippen LogP contribution < -0.4 is 10.6 Å². The lowest BCUT2D eigenvalue weighted by Crippen LogP contribution is -2.31. The minimum atomic E-state index is 0.339. The van der Waals surface area contributed by atoms with Gasteiger partial charge in [0.1, 0.15) is 5.82 Å². The van der Waals surface area contributed by atoms with E-state index in [1.54, 1.807) is 0 Å². The number of nitrogens with one attached hydrogen (secondary N) is 2. The van der Waals surface area contributed by atoms with E-state index in [0.717, 1.165) is 36.1 Å². The van der Waals surface area contributed by atoms with E-state index in [4.69, 9.17) is 4.74 Å². The number of para-hydroxylation sites is 1. The second-order valence-corrected chi connectivity index (χ2v) is 5.80. The smallest absolute Gasteiger partial charge is 0.225 e. The van der Waals surface area contributed by atoms with Crippen LogP contribution in [0.15, 0.2) is 24.3 Å². The Balaban J connectivity index is 1.69. The average molecular weight is 284 g/mol. The van der Waals surface area contributed by atoms with Crippen molar-refractivity contribution in [3.63, 3.8) is 0 Å². The molecular formula is C16H20N4O. The third-order valence-corrected chi connectivity index (χ3v) is 4.37. The molecule has 0 radical (unpaired) electrons. The lowest BCUT2D eigenvalue weighted by atomic mass is 9.95. The number of hydrogen-bond donors (Lipinski definition) is 2. The van der Waals surface area contributed by atoms with Crippen LogP contribution in [0.4, 0.5) is 11.8 Å². The van der Waals surface area contributed by atoms with E-state index in [1.165, 1.54) is 6.42 Å². The van der Waals surface area contributed by atoms with Crippen LogP contribution in [0.3, 0.4) is 0 Å². The largest absolute Gasteiger partial charge is 0.373 e. The summed E-state index contributed by atoms with van der Waals surface area (Å²) in [7, 11) is 0. The quantitative estimate of drug-likeness (QED) is 0.904. The van der Waals surface area contributed by atoms with Crippen LogP contribution in [0, 0.1) is 0 Å². The number of anilines is 2. The van der Waals surface area contributed by atoms with Crippen molar-refractivity contribution in [3.05, 3.63) is 24.3 Å². The van der Waals surface area contributed by atoms with E-state index in [-0.39, 0.29) is 0 Å². The number of hydrogen-bond acceptors (Lipinski definition) is 5. The molecule has 0 amide bonds. The predicted octanol–water partition coefficient (Wildman–Crippen LogP) is 2.79. The molecule has 3 atom stereocenters. The van der Waals surface area contributed by atoms with Crippen LogP contribution in [0.1, 0.15) is 26.2 Å². The van der Waals surface area contributed by atoms with Gasteiger partial charge in [-0.05, 0) is 38.3 Å². The molecule has 2 fully saturated rings. The van der Waals surface area contributed by atoms with E-state index in [9.17, 15) is 0 Å². The molecule has 2 saturated heterocycles. The van der Waals surface area contributed by atoms with E-state index in [0.29, 0.717) is 24.2 Å². The van der Waals surface area contributed by atoms with Crippen LogP contribution in [0.2, 0.25) is 0 Å². The molecule has 21 heavy (non-hydrogen) atoms. The molecule has 5 heteroatoms. The lowest BCUT2D eigenvalue weighted by molar-refractivity contribution is 0.102. The Morgan fingerprint density at radius 2 is 2.14 bits per heavy atom. The number of aromatic nitrogens is 2. The van der Waals surface area contributed by atoms with Crippen LogP contribution >= 0.6 is 0 Å². The molecule has 3 unspecified atom stereocenters. The Morgan fingerprint density at radius 3 is 2.90 bits per heavy atom. The number of rotatable bonds is 4. The lowest BCUT2D eigenvalue weighted by Gasteiger charge is -2.21. The van der Waals surface area contributed by atoms with Crippen molar-refractivity contribution in [2.24, 2.45) is 0 Å². The SMILES string of the molecule is CCNc1nc(NC2CC3CCC2O3)c2ccccc2n1. The standard InChI is InChI=1S/C16H20N4O/c1-2-17-16-19-12-6-4-3-5-11(12)15(20-16)18-13-9-10-7-8-14(13)21-10/h3-6,10,13-14H,2,7-9H2,1H3,(H2,17,18,19,20). The van der Waals surface area contributed by atoms with Crippen molar-refractivity contribution >= 4 is 22.7 Å². The third-order valence-electron chi connectivity index (χ3n) is 4.37. The number of benzene rings is 1. The van der Waals surface area contributed by atoms with Crippen LogP contribution in [0.25, 0.3) is 10.9 Å². The van der Waals surface area contributed by atoms with Gasteiger partial charge in [-0.1, -0.05) is 12.1 Å². The van der Waals surface area contributed by atoms with Crippen LogP contribution in [-0.4, -0.2) is 34.8 Å². The minimum absolute atomic E-state index is 0.339. The summed E-state index contributed by atoms with van der Waals surface area (Å²) in [5, 5.41) is 7.87. The zero-order valence-electron chi connectivity index (χ0n) is 12.2. The molecular weight excluding hydrogens is 264 g/mol. The van der Waals surface area contributed by atoms with E-state index in [1.807, 2.05) is 18.2 Å². The van der Waals surface area contributed by atoms with Crippen molar-refractivity contribution in [2.75, 3.05) is 17.2 Å². The maximum atomic E-state index is 5.93. The summed E-state index contributed by atoms with van der Waals surface area (Å²) in [6, 6.07) is 8.51. The van der Waals surface area contributed by atoms with Gasteiger partial charge in [0.25, 0.3) is 0 Å². The highest BCUT2D eigenvalue weighted by Gasteiger charge is 2.41. The second-order valence-electron chi connectivity index (χ2n) is 5.80. The monoisotopic (exact) mass is 284 g/mol. The van der Waals surface area contributed by atoms with Gasteiger partial charge in [-0.2, -0.15) is 4.98 Å². The van der Waals surface area contributed by atoms with Gasteiger partial charge in [0.15, 0.2) is 0 Å². The van der Waals surface area contributed by atoms with E-state index in [2.05, 4.69) is 33.6 Å². The fourth-order valence-electron chi connectivity index (χ4n) is 3.39. The van der Waals surface area contributed by atoms with Gasteiger partial charge in [0.2, 0.25) is 5.95 Å². The Labute approximate surface area is 124 Å². The highest BCUT2D eigenvalue weighted by molar-refractivity contribution is 5.90. The van der Waals surface area contributed by atoms with Crippen molar-refractivity contribution in [1.82, 2.24) is 9.97 Å². The summed E-state index contributed by atoms with van der Waals surface area (Å²) in [4.78, 5) is 9.20. The molecule has 2 aliphatic heterocycles. The third kappa shape index (κ3) is 2.31. The van der Waals surface area contributed by atoms with E-state index >= 15 is 0 Å². The molecule has 2 aromatic rings. The highest BCUT2D eigenvalue weighted by atomic mass is 16.5. The van der Waals surface area contributed by atoms with Crippen LogP contribution in [-0.2, 0) is 4.74 Å². The molecule has 0 saturated carbocycles. The molecule has 4 rings (SSSR count). The maximum Gasteiger partial charge on any atom is 0.225 e. The Kier molecular flexibility index (Phi) is 3.15. The molecule has 2 aliphatic rings. The van der Waals surface area contributed by atoms with Crippen molar-refractivity contribution in [3.8, 4) is 0 Å². The molecule has 3 heterocycles. The summed E-state index contributed by atoms with van der Waals surface area (Å²) in [6.45, 7) is 2.87. The zero-order valence-corrected chi connectivity index (χ0v) is 12.2. The van der Waals surface area contributed by atoms with Gasteiger partial charge >= 0.3 is 0 Å². The minimum Gasteiger partial charge on any atom is -0.373 e. The second kappa shape index (κ2) is 5.15. The van der Waals surface area contributed by atoms with Gasteiger partial charge in [0, 0.05) is 11.9 Å². The first-order valence-electron chi connectivity index (χ1n) is 7.76. The predicted molar refractivity (Wildman–Crippen MR) is 83.6 cm³/mol. The zero-order chi connectivity index (χ0) is 14.2. The summed E-state index contributed by atoms with van der Waals surface area (Å²) in [5.41, 5.74) is 0.968. The summed E-state index contributed by atoms with van der Waals surface area (Å²) in [5.74, 6) is 1.60. The Hall–Kier alpha value is -1.88. The molecule has 2 N–H and O–H groups in total. The summed E-state index contributed by atoms with van der Waals surface area (Å²) >= 11 is 0. The Morgan fingerprint density at radius 1 is 1.24 bits per heavy atom. The Bertz CT molecular complexity index is 660. The molecule has 0 spiro atoms. The molecule has 1 aromatic carbocycles. The molecule has 5 nitrogen and oxygen atoms in total. The molecule has 0 aliphatic carbocycles. The van der Waals surface area contributed by atoms with Gasteiger partial charge in [-0.15, -0.1) is 0 Å². The molecule has 2 bridgehead atoms. The normalized spacial score (nSPS) is 27.2. The first-order chi connectivity index (χ1) is 10.3. The number of nitrogens with zero attached hydrogens (tertiary/aromatic N) is 2. The van der Waals surface area contributed by atoms with Gasteiger partial charge < -0.3 is 15.4 Å². The number of ether oxygens (including phenoxy) is 1. The van der Waals surface area contributed by atoms with Crippen molar-refractivity contribution < 1.29 is 4.74 Å². The van der Waals surface area contributed by atoms with Gasteiger partial charge in [-0.3, -0.25) is 0 Å². The fourth-order valence-corrected chi connectivity index (χ4v) is 3.39. The van der Waals surface area contributed by atoms with Gasteiger partial charge in [0.05, 0.1) is 23.8 Å². The number of fused-ring (bicyclic) bond motifs is 3. The van der Waals surface area contributed by atoms with Crippen LogP contribution in [0.5, 0.6) is 0 Å². The van der Waals surface area contributed by atoms with Gasteiger partial charge in [-0.25, -0.2) is 4.98 Å². The first-order valence-corrected chi connectivity index (χ1v) is 7.76. The van der Waals surface area contributed by atoms with Crippen molar-refractivity contribution in [2.45, 2.75) is 44.4 Å². The summed E-state index contributed by atoms with van der Waals surface area (Å²) in [6.07, 6.45) is 4.22. The average Bonchev–Trinajstić information content (AvgIpc) is 3.10. The first kappa shape index (κ1) is 12.8. The highest BCUT2D eigenvalue weighted by Crippen LogP contribution is 2.36. The van der Waals surface area contributed by atoms with Crippen molar-refractivity contribution in [1.29, 1.82) is 0 Å². The maximum absolute atomic E-state index is 5.93. The topological polar surface area (TPSA) is 59.1 Å².